The van der Waals surface area contributed by atoms with Gasteiger partial charge in [0, 0.05) is 17.4 Å². The summed E-state index contributed by atoms with van der Waals surface area (Å²) in [6.07, 6.45) is 11.0. The Morgan fingerprint density at radius 2 is 2.00 bits per heavy atom. The summed E-state index contributed by atoms with van der Waals surface area (Å²) in [7, 11) is -3.12. The Hall–Kier alpha value is -0.420. The van der Waals surface area contributed by atoms with Crippen LogP contribution in [-0.2, 0) is 10.0 Å². The van der Waals surface area contributed by atoms with E-state index in [2.05, 4.69) is 6.08 Å². The van der Waals surface area contributed by atoms with Gasteiger partial charge in [-0.15, -0.1) is 0 Å². The van der Waals surface area contributed by atoms with E-state index >= 15 is 0 Å². The van der Waals surface area contributed by atoms with Gasteiger partial charge in [0.25, 0.3) is 0 Å². The van der Waals surface area contributed by atoms with E-state index in [1.807, 2.05) is 18.4 Å². The highest BCUT2D eigenvalue weighted by atomic mass is 32.2. The lowest BCUT2D eigenvalue weighted by Gasteiger charge is -2.34. The van der Waals surface area contributed by atoms with Gasteiger partial charge in [-0.1, -0.05) is 18.2 Å². The zero-order valence-electron chi connectivity index (χ0n) is 8.12. The van der Waals surface area contributed by atoms with Gasteiger partial charge in [-0.2, -0.15) is 11.8 Å². The molecule has 0 saturated carbocycles. The number of hydrogen-bond acceptors (Lipinski definition) is 3. The van der Waals surface area contributed by atoms with Gasteiger partial charge in [-0.3, -0.25) is 4.31 Å². The van der Waals surface area contributed by atoms with Gasteiger partial charge in [-0.25, -0.2) is 8.42 Å². The molecule has 1 heterocycles. The molecule has 3 atom stereocenters. The van der Waals surface area contributed by atoms with Crippen molar-refractivity contribution in [3.8, 4) is 0 Å². The molecule has 0 N–H and O–H groups in total. The standard InChI is InChI=1S/C9H13NO2S2/c1-13-9-7-3-4-8(9)10(6-5-7)14(2,11)12/h3-9H,1-2H3/t7-,8+,9-/m0/s1. The van der Waals surface area contributed by atoms with E-state index < -0.39 is 10.0 Å². The van der Waals surface area contributed by atoms with E-state index in [-0.39, 0.29) is 6.04 Å². The first kappa shape index (κ1) is 10.1. The molecule has 2 bridgehead atoms. The highest BCUT2D eigenvalue weighted by molar-refractivity contribution is 7.99. The Labute approximate surface area is 88.9 Å². The van der Waals surface area contributed by atoms with Crippen LogP contribution in [0.4, 0.5) is 0 Å². The maximum absolute atomic E-state index is 11.5. The number of rotatable bonds is 2. The fourth-order valence-electron chi connectivity index (χ4n) is 2.00. The van der Waals surface area contributed by atoms with Crippen LogP contribution in [0.25, 0.3) is 0 Å². The van der Waals surface area contributed by atoms with E-state index in [0.29, 0.717) is 11.2 Å². The number of nitrogens with zero attached hydrogens (tertiary/aromatic N) is 1. The molecule has 5 heteroatoms. The summed E-state index contributed by atoms with van der Waals surface area (Å²) in [6, 6.07) is 0.00926. The van der Waals surface area contributed by atoms with Crippen molar-refractivity contribution in [2.75, 3.05) is 12.5 Å². The fourth-order valence-corrected chi connectivity index (χ4v) is 4.01. The lowest BCUT2D eigenvalue weighted by Crippen LogP contribution is -2.43. The zero-order chi connectivity index (χ0) is 10.3. The monoisotopic (exact) mass is 231 g/mol. The number of hydrogen-bond donors (Lipinski definition) is 0. The van der Waals surface area contributed by atoms with Crippen LogP contribution in [-0.4, -0.2) is 36.5 Å². The summed E-state index contributed by atoms with van der Waals surface area (Å²) in [5.41, 5.74) is 0. The summed E-state index contributed by atoms with van der Waals surface area (Å²) in [6.45, 7) is 0. The van der Waals surface area contributed by atoms with Crippen molar-refractivity contribution < 1.29 is 8.42 Å². The molecule has 0 aromatic carbocycles. The van der Waals surface area contributed by atoms with Gasteiger partial charge < -0.3 is 0 Å². The molecule has 14 heavy (non-hydrogen) atoms. The van der Waals surface area contributed by atoms with Crippen LogP contribution in [0.5, 0.6) is 0 Å². The maximum atomic E-state index is 11.5. The summed E-state index contributed by atoms with van der Waals surface area (Å²) in [4.78, 5) is 0. The quantitative estimate of drug-likeness (QED) is 0.667. The molecule has 1 aliphatic heterocycles. The minimum atomic E-state index is -3.12. The Kier molecular flexibility index (Phi) is 2.39. The molecule has 0 aromatic rings. The van der Waals surface area contributed by atoms with Crippen molar-refractivity contribution in [2.24, 2.45) is 5.92 Å². The highest BCUT2D eigenvalue weighted by Crippen LogP contribution is 2.37. The Bertz CT molecular complexity index is 386. The van der Waals surface area contributed by atoms with Gasteiger partial charge in [0.1, 0.15) is 0 Å². The van der Waals surface area contributed by atoms with E-state index in [9.17, 15) is 8.42 Å². The van der Waals surface area contributed by atoms with Crippen LogP contribution in [0.2, 0.25) is 0 Å². The Morgan fingerprint density at radius 1 is 1.29 bits per heavy atom. The van der Waals surface area contributed by atoms with Crippen LogP contribution >= 0.6 is 11.8 Å². The third-order valence-electron chi connectivity index (χ3n) is 2.65. The van der Waals surface area contributed by atoms with Crippen LogP contribution < -0.4 is 0 Å². The van der Waals surface area contributed by atoms with Gasteiger partial charge in [0.05, 0.1) is 12.3 Å². The molecule has 0 radical (unpaired) electrons. The first-order chi connectivity index (χ1) is 6.54. The van der Waals surface area contributed by atoms with Gasteiger partial charge in [0.2, 0.25) is 10.0 Å². The third-order valence-corrected chi connectivity index (χ3v) is 4.92. The number of fused-ring (bicyclic) bond motifs is 2. The topological polar surface area (TPSA) is 37.4 Å². The molecule has 3 nitrogen and oxygen atoms in total. The minimum absolute atomic E-state index is 0.00926. The Balaban J connectivity index is 2.36. The summed E-state index contributed by atoms with van der Waals surface area (Å²) < 4.78 is 24.4. The zero-order valence-corrected chi connectivity index (χ0v) is 9.75. The number of allylic oxidation sites excluding steroid dienone is 2. The molecule has 0 fully saturated rings. The summed E-state index contributed by atoms with van der Waals surface area (Å²) >= 11 is 1.72. The van der Waals surface area contributed by atoms with E-state index in [1.165, 1.54) is 10.6 Å². The van der Waals surface area contributed by atoms with Gasteiger partial charge in [0.15, 0.2) is 0 Å². The average molecular weight is 231 g/mol. The molecule has 0 aromatic heterocycles. The van der Waals surface area contributed by atoms with Gasteiger partial charge >= 0.3 is 0 Å². The molecule has 1 aliphatic carbocycles. The molecule has 0 spiro atoms. The lowest BCUT2D eigenvalue weighted by atomic mass is 10.1. The van der Waals surface area contributed by atoms with Gasteiger partial charge in [-0.05, 0) is 6.26 Å². The van der Waals surface area contributed by atoms with Crippen molar-refractivity contribution in [2.45, 2.75) is 11.3 Å². The van der Waals surface area contributed by atoms with Crippen LogP contribution in [0, 0.1) is 5.92 Å². The molecule has 0 amide bonds. The van der Waals surface area contributed by atoms with Crippen LogP contribution in [0.3, 0.4) is 0 Å². The molecule has 0 unspecified atom stereocenters. The highest BCUT2D eigenvalue weighted by Gasteiger charge is 2.39. The van der Waals surface area contributed by atoms with E-state index in [0.717, 1.165) is 0 Å². The molecule has 2 rings (SSSR count). The molecular weight excluding hydrogens is 218 g/mol. The Morgan fingerprint density at radius 3 is 2.57 bits per heavy atom. The van der Waals surface area contributed by atoms with Crippen molar-refractivity contribution in [3.63, 3.8) is 0 Å². The second kappa shape index (κ2) is 3.31. The smallest absolute Gasteiger partial charge is 0.232 e. The van der Waals surface area contributed by atoms with Crippen molar-refractivity contribution >= 4 is 21.8 Å². The predicted octanol–water partition coefficient (Wildman–Crippen LogP) is 1.06. The van der Waals surface area contributed by atoms with Crippen LogP contribution in [0.1, 0.15) is 0 Å². The normalized spacial score (nSPS) is 35.3. The first-order valence-electron chi connectivity index (χ1n) is 4.42. The maximum Gasteiger partial charge on any atom is 0.232 e. The average Bonchev–Trinajstić information content (AvgIpc) is 2.35. The van der Waals surface area contributed by atoms with E-state index in [1.54, 1.807) is 18.0 Å². The SMILES string of the molecule is CS[C@H]1[C@H]2C=C[C@H]1N(S(C)(=O)=O)C=C2. The predicted molar refractivity (Wildman–Crippen MR) is 59.5 cm³/mol. The van der Waals surface area contributed by atoms with Crippen molar-refractivity contribution in [3.05, 3.63) is 24.4 Å². The third kappa shape index (κ3) is 1.48. The largest absolute Gasteiger partial charge is 0.270 e. The first-order valence-corrected chi connectivity index (χ1v) is 7.55. The molecule has 0 saturated heterocycles. The lowest BCUT2D eigenvalue weighted by molar-refractivity contribution is 0.422. The molecule has 78 valence electrons. The fraction of sp³-hybridized carbons (Fsp3) is 0.556. The molecular formula is C9H13NO2S2. The van der Waals surface area contributed by atoms with E-state index in [4.69, 9.17) is 0 Å². The second-order valence-electron chi connectivity index (χ2n) is 3.59. The minimum Gasteiger partial charge on any atom is -0.270 e. The second-order valence-corrected chi connectivity index (χ2v) is 6.49. The van der Waals surface area contributed by atoms with Crippen molar-refractivity contribution in [1.29, 1.82) is 0 Å². The number of thioether (sulfide) groups is 1. The molecule has 2 aliphatic rings. The summed E-state index contributed by atoms with van der Waals surface area (Å²) in [5, 5.41) is 0.342. The summed E-state index contributed by atoms with van der Waals surface area (Å²) in [5.74, 6) is 0.396. The van der Waals surface area contributed by atoms with Crippen LogP contribution in [0.15, 0.2) is 24.4 Å². The number of sulfonamides is 1. The van der Waals surface area contributed by atoms with Crippen molar-refractivity contribution in [1.82, 2.24) is 4.31 Å².